The van der Waals surface area contributed by atoms with E-state index in [9.17, 15) is 0 Å². The highest BCUT2D eigenvalue weighted by molar-refractivity contribution is 8.16. The lowest BCUT2D eigenvalue weighted by Crippen LogP contribution is -2.08. The molecule has 28 heavy (non-hydrogen) atoms. The Balaban J connectivity index is 1.32. The van der Waals surface area contributed by atoms with Crippen molar-refractivity contribution in [2.75, 3.05) is 19.4 Å². The number of nitrogens with zero attached hydrogens (tertiary/aromatic N) is 4. The number of aliphatic imine (C=N–C) groups is 1. The monoisotopic (exact) mass is 410 g/mol. The van der Waals surface area contributed by atoms with Gasteiger partial charge in [0.05, 0.1) is 18.7 Å². The Bertz CT molecular complexity index is 954. The van der Waals surface area contributed by atoms with Crippen molar-refractivity contribution in [1.29, 1.82) is 0 Å². The van der Waals surface area contributed by atoms with Gasteiger partial charge in [-0.1, -0.05) is 42.1 Å². The summed E-state index contributed by atoms with van der Waals surface area (Å²) in [6, 6.07) is 18.5. The third-order valence-corrected chi connectivity index (χ3v) is 7.21. The van der Waals surface area contributed by atoms with E-state index in [-0.39, 0.29) is 0 Å². The van der Waals surface area contributed by atoms with Crippen LogP contribution in [0.4, 0.5) is 0 Å². The highest BCUT2D eigenvalue weighted by atomic mass is 32.2. The number of hydrogen-bond acceptors (Lipinski definition) is 6. The molecule has 0 aliphatic carbocycles. The number of benzene rings is 2. The molecule has 7 heteroatoms. The lowest BCUT2D eigenvalue weighted by atomic mass is 10.1. The molecule has 0 radical (unpaired) electrons. The van der Waals surface area contributed by atoms with Crippen molar-refractivity contribution in [3.8, 4) is 5.75 Å². The predicted octanol–water partition coefficient (Wildman–Crippen LogP) is 4.07. The SMILES string of the molecule is COc1ccc(C2=NCC(CSc3nnc(Cc4ccccc4)n3C)S2)cc1. The van der Waals surface area contributed by atoms with Crippen LogP contribution >= 0.6 is 23.5 Å². The summed E-state index contributed by atoms with van der Waals surface area (Å²) in [7, 11) is 3.73. The zero-order valence-electron chi connectivity index (χ0n) is 15.9. The van der Waals surface area contributed by atoms with E-state index in [4.69, 9.17) is 9.73 Å². The predicted molar refractivity (Wildman–Crippen MR) is 117 cm³/mol. The van der Waals surface area contributed by atoms with E-state index in [0.29, 0.717) is 5.25 Å². The molecule has 1 unspecified atom stereocenters. The van der Waals surface area contributed by atoms with Crippen LogP contribution < -0.4 is 4.74 Å². The van der Waals surface area contributed by atoms with Crippen LogP contribution in [0.2, 0.25) is 0 Å². The molecular formula is C21H22N4OS2. The minimum atomic E-state index is 0.455. The van der Waals surface area contributed by atoms with Crippen LogP contribution in [0.1, 0.15) is 17.0 Å². The van der Waals surface area contributed by atoms with E-state index in [2.05, 4.69) is 51.2 Å². The molecule has 144 valence electrons. The highest BCUT2D eigenvalue weighted by Gasteiger charge is 2.22. The Morgan fingerprint density at radius 1 is 1.11 bits per heavy atom. The fourth-order valence-electron chi connectivity index (χ4n) is 2.97. The highest BCUT2D eigenvalue weighted by Crippen LogP contribution is 2.30. The van der Waals surface area contributed by atoms with Crippen molar-refractivity contribution >= 4 is 28.6 Å². The van der Waals surface area contributed by atoms with Crippen LogP contribution in [0.5, 0.6) is 5.75 Å². The molecule has 5 nitrogen and oxygen atoms in total. The van der Waals surface area contributed by atoms with Crippen LogP contribution in [-0.4, -0.2) is 44.5 Å². The third kappa shape index (κ3) is 4.42. The van der Waals surface area contributed by atoms with E-state index in [1.165, 1.54) is 5.56 Å². The second-order valence-electron chi connectivity index (χ2n) is 6.55. The lowest BCUT2D eigenvalue weighted by Gasteiger charge is -2.08. The number of rotatable bonds is 7. The Morgan fingerprint density at radius 3 is 2.64 bits per heavy atom. The Hall–Kier alpha value is -2.25. The maximum absolute atomic E-state index is 5.23. The first-order chi connectivity index (χ1) is 13.7. The molecule has 0 saturated heterocycles. The minimum absolute atomic E-state index is 0.455. The molecule has 1 aromatic heterocycles. The maximum atomic E-state index is 5.23. The molecule has 0 fully saturated rings. The van der Waals surface area contributed by atoms with Crippen molar-refractivity contribution in [3.63, 3.8) is 0 Å². The summed E-state index contributed by atoms with van der Waals surface area (Å²) >= 11 is 3.60. The molecule has 0 bridgehead atoms. The van der Waals surface area contributed by atoms with Gasteiger partial charge in [-0.2, -0.15) is 0 Å². The van der Waals surface area contributed by atoms with E-state index in [1.807, 2.05) is 37.0 Å². The summed E-state index contributed by atoms with van der Waals surface area (Å²) in [5.74, 6) is 2.82. The molecule has 2 aromatic carbocycles. The van der Waals surface area contributed by atoms with Crippen LogP contribution in [0.15, 0.2) is 64.7 Å². The molecular weight excluding hydrogens is 388 g/mol. The van der Waals surface area contributed by atoms with Gasteiger partial charge < -0.3 is 9.30 Å². The fourth-order valence-corrected chi connectivity index (χ4v) is 5.17. The summed E-state index contributed by atoms with van der Waals surface area (Å²) < 4.78 is 7.33. The molecule has 0 saturated carbocycles. The number of ether oxygens (including phenoxy) is 1. The van der Waals surface area contributed by atoms with Gasteiger partial charge in [-0.15, -0.1) is 22.0 Å². The average molecular weight is 411 g/mol. The van der Waals surface area contributed by atoms with Gasteiger partial charge in [-0.05, 0) is 29.8 Å². The van der Waals surface area contributed by atoms with E-state index in [1.54, 1.807) is 18.9 Å². The average Bonchev–Trinajstić information content (AvgIpc) is 3.35. The Morgan fingerprint density at radius 2 is 1.89 bits per heavy atom. The summed E-state index contributed by atoms with van der Waals surface area (Å²) in [4.78, 5) is 4.72. The standard InChI is InChI=1S/C21H22N4OS2/c1-25-19(12-15-6-4-3-5-7-15)23-24-21(25)27-14-18-13-22-20(28-18)16-8-10-17(26-2)11-9-16/h3-11,18H,12-14H2,1-2H3. The van der Waals surface area contributed by atoms with Gasteiger partial charge in [0.1, 0.15) is 11.6 Å². The van der Waals surface area contributed by atoms with E-state index < -0.39 is 0 Å². The quantitative estimate of drug-likeness (QED) is 0.550. The van der Waals surface area contributed by atoms with Crippen LogP contribution in [0.25, 0.3) is 0 Å². The van der Waals surface area contributed by atoms with Crippen molar-refractivity contribution < 1.29 is 4.74 Å². The zero-order chi connectivity index (χ0) is 19.3. The largest absolute Gasteiger partial charge is 0.497 e. The topological polar surface area (TPSA) is 52.3 Å². The first-order valence-electron chi connectivity index (χ1n) is 9.13. The first-order valence-corrected chi connectivity index (χ1v) is 11.0. The minimum Gasteiger partial charge on any atom is -0.497 e. The summed E-state index contributed by atoms with van der Waals surface area (Å²) in [5, 5.41) is 11.3. The van der Waals surface area contributed by atoms with E-state index >= 15 is 0 Å². The molecule has 4 rings (SSSR count). The van der Waals surface area contributed by atoms with Crippen LogP contribution in [0.3, 0.4) is 0 Å². The zero-order valence-corrected chi connectivity index (χ0v) is 17.5. The Kier molecular flexibility index (Phi) is 6.02. The lowest BCUT2D eigenvalue weighted by molar-refractivity contribution is 0.415. The number of thioether (sulfide) groups is 2. The summed E-state index contributed by atoms with van der Waals surface area (Å²) in [6.07, 6.45) is 0.799. The van der Waals surface area contributed by atoms with Crippen LogP contribution in [0, 0.1) is 0 Å². The summed E-state index contributed by atoms with van der Waals surface area (Å²) in [5.41, 5.74) is 2.40. The van der Waals surface area contributed by atoms with Gasteiger partial charge in [0.25, 0.3) is 0 Å². The van der Waals surface area contributed by atoms with E-state index in [0.717, 1.165) is 46.1 Å². The molecule has 1 aliphatic rings. The summed E-state index contributed by atoms with van der Waals surface area (Å²) in [6.45, 7) is 0.841. The van der Waals surface area contributed by atoms with Crippen molar-refractivity contribution in [1.82, 2.24) is 14.8 Å². The van der Waals surface area contributed by atoms with Crippen molar-refractivity contribution in [3.05, 3.63) is 71.5 Å². The van der Waals surface area contributed by atoms with Gasteiger partial charge in [0, 0.05) is 30.0 Å². The van der Waals surface area contributed by atoms with Crippen molar-refractivity contribution in [2.45, 2.75) is 16.8 Å². The molecule has 0 spiro atoms. The number of methoxy groups -OCH3 is 1. The van der Waals surface area contributed by atoms with Gasteiger partial charge in [0.2, 0.25) is 0 Å². The molecule has 0 N–H and O–H groups in total. The third-order valence-electron chi connectivity index (χ3n) is 4.58. The number of aromatic nitrogens is 3. The second kappa shape index (κ2) is 8.84. The number of hydrogen-bond donors (Lipinski definition) is 0. The second-order valence-corrected chi connectivity index (χ2v) is 8.82. The smallest absolute Gasteiger partial charge is 0.190 e. The van der Waals surface area contributed by atoms with Gasteiger partial charge >= 0.3 is 0 Å². The van der Waals surface area contributed by atoms with Crippen molar-refractivity contribution in [2.24, 2.45) is 12.0 Å². The maximum Gasteiger partial charge on any atom is 0.190 e. The normalized spacial score (nSPS) is 16.2. The first kappa shape index (κ1) is 19.1. The Labute approximate surface area is 173 Å². The van der Waals surface area contributed by atoms with Gasteiger partial charge in [-0.25, -0.2) is 0 Å². The molecule has 3 aromatic rings. The van der Waals surface area contributed by atoms with Crippen LogP contribution in [-0.2, 0) is 13.5 Å². The molecule has 1 aliphatic heterocycles. The van der Waals surface area contributed by atoms with Gasteiger partial charge in [0.15, 0.2) is 5.16 Å². The molecule has 1 atom stereocenters. The van der Waals surface area contributed by atoms with Gasteiger partial charge in [-0.3, -0.25) is 4.99 Å². The molecule has 0 amide bonds. The molecule has 2 heterocycles. The fraction of sp³-hybridized carbons (Fsp3) is 0.286.